The van der Waals surface area contributed by atoms with Gasteiger partial charge >= 0.3 is 0 Å². The molecule has 0 aliphatic carbocycles. The van der Waals surface area contributed by atoms with Crippen molar-refractivity contribution >= 4 is 49.5 Å². The largest absolute Gasteiger partial charge is 0.284 e. The fourth-order valence-corrected chi connectivity index (χ4v) is 2.56. The van der Waals surface area contributed by atoms with Crippen LogP contribution in [0.25, 0.3) is 0 Å². The van der Waals surface area contributed by atoms with Gasteiger partial charge in [-0.25, -0.2) is 0 Å². The van der Waals surface area contributed by atoms with E-state index in [0.717, 1.165) is 11.8 Å². The van der Waals surface area contributed by atoms with E-state index in [1.54, 1.807) is 6.26 Å². The zero-order chi connectivity index (χ0) is 11.5. The predicted molar refractivity (Wildman–Crippen MR) is 65.4 cm³/mol. The first kappa shape index (κ1) is 12.8. The topological polar surface area (TPSA) is 46.5 Å². The molecule has 1 aromatic rings. The third-order valence-corrected chi connectivity index (χ3v) is 4.21. The van der Waals surface area contributed by atoms with Gasteiger partial charge in [0, 0.05) is 5.02 Å². The molecule has 0 heterocycles. The Balaban J connectivity index is 3.13. The summed E-state index contributed by atoms with van der Waals surface area (Å²) in [5.41, 5.74) is 0. The Labute approximate surface area is 103 Å². The zero-order valence-electron chi connectivity index (χ0n) is 7.65. The van der Waals surface area contributed by atoms with Crippen LogP contribution in [0.2, 0.25) is 5.02 Å². The van der Waals surface area contributed by atoms with Crippen LogP contribution in [-0.4, -0.2) is 19.2 Å². The van der Waals surface area contributed by atoms with Crippen LogP contribution < -0.4 is 0 Å². The van der Waals surface area contributed by atoms with Crippen LogP contribution in [0.3, 0.4) is 0 Å². The smallest absolute Gasteiger partial charge is 0.199 e. The molecule has 0 aromatic heterocycles. The molecule has 0 radical (unpaired) electrons. The standard InChI is InChI=1S/C8H7Cl2NO2S2/c1-14-8(10)11-15(12,13)7-4-2-6(9)3-5-7/h2-5H,1H3. The first-order valence-corrected chi connectivity index (χ1v) is 7.18. The summed E-state index contributed by atoms with van der Waals surface area (Å²) in [6.45, 7) is 0. The van der Waals surface area contributed by atoms with Crippen molar-refractivity contribution in [3.8, 4) is 0 Å². The summed E-state index contributed by atoms with van der Waals surface area (Å²) in [6.07, 6.45) is 1.64. The van der Waals surface area contributed by atoms with Crippen molar-refractivity contribution in [2.75, 3.05) is 6.26 Å². The fourth-order valence-electron chi connectivity index (χ4n) is 0.791. The van der Waals surface area contributed by atoms with Crippen molar-refractivity contribution in [3.63, 3.8) is 0 Å². The number of benzene rings is 1. The van der Waals surface area contributed by atoms with Crippen molar-refractivity contribution in [3.05, 3.63) is 29.3 Å². The molecule has 3 nitrogen and oxygen atoms in total. The maximum atomic E-state index is 11.6. The Bertz CT molecular complexity index is 468. The minimum Gasteiger partial charge on any atom is -0.199 e. The monoisotopic (exact) mass is 283 g/mol. The summed E-state index contributed by atoms with van der Waals surface area (Å²) < 4.78 is 26.5. The average Bonchev–Trinajstić information content (AvgIpc) is 2.17. The van der Waals surface area contributed by atoms with Crippen molar-refractivity contribution in [1.82, 2.24) is 0 Å². The quantitative estimate of drug-likeness (QED) is 0.619. The Kier molecular flexibility index (Phi) is 4.45. The number of thioether (sulfide) groups is 1. The maximum Gasteiger partial charge on any atom is 0.284 e. The molecule has 0 amide bonds. The average molecular weight is 284 g/mol. The third-order valence-electron chi connectivity index (χ3n) is 1.47. The Hall–Kier alpha value is -0.230. The van der Waals surface area contributed by atoms with E-state index in [4.69, 9.17) is 23.2 Å². The Morgan fingerprint density at radius 3 is 2.33 bits per heavy atom. The SMILES string of the molecule is CSC(Cl)=NS(=O)(=O)c1ccc(Cl)cc1. The third kappa shape index (κ3) is 3.68. The molecule has 0 atom stereocenters. The van der Waals surface area contributed by atoms with Gasteiger partial charge in [0.15, 0.2) is 4.50 Å². The molecule has 0 saturated carbocycles. The van der Waals surface area contributed by atoms with Crippen molar-refractivity contribution in [2.45, 2.75) is 4.90 Å². The van der Waals surface area contributed by atoms with Gasteiger partial charge in [-0.15, -0.1) is 4.40 Å². The first-order chi connectivity index (χ1) is 6.95. The number of hydrogen-bond acceptors (Lipinski definition) is 3. The van der Waals surface area contributed by atoms with Crippen molar-refractivity contribution in [2.24, 2.45) is 4.40 Å². The zero-order valence-corrected chi connectivity index (χ0v) is 10.8. The van der Waals surface area contributed by atoms with Crippen LogP contribution >= 0.6 is 35.0 Å². The molecule has 0 spiro atoms. The molecule has 82 valence electrons. The Morgan fingerprint density at radius 2 is 1.87 bits per heavy atom. The van der Waals surface area contributed by atoms with E-state index in [9.17, 15) is 8.42 Å². The number of nitrogens with zero attached hydrogens (tertiary/aromatic N) is 1. The Morgan fingerprint density at radius 1 is 1.33 bits per heavy atom. The molecular formula is C8H7Cl2NO2S2. The molecule has 15 heavy (non-hydrogen) atoms. The summed E-state index contributed by atoms with van der Waals surface area (Å²) in [5.74, 6) is 0. The van der Waals surface area contributed by atoms with Crippen LogP contribution in [0.15, 0.2) is 33.6 Å². The minimum absolute atomic E-state index is 0.0232. The van der Waals surface area contributed by atoms with E-state index in [2.05, 4.69) is 4.40 Å². The van der Waals surface area contributed by atoms with Gasteiger partial charge in [0.05, 0.1) is 4.90 Å². The second-order valence-corrected chi connectivity index (χ2v) is 5.89. The number of rotatable bonds is 2. The lowest BCUT2D eigenvalue weighted by Gasteiger charge is -1.98. The van der Waals surface area contributed by atoms with Gasteiger partial charge in [0.2, 0.25) is 0 Å². The number of halogens is 2. The highest BCUT2D eigenvalue weighted by atomic mass is 35.5. The molecule has 1 rings (SSSR count). The molecule has 0 bridgehead atoms. The highest BCUT2D eigenvalue weighted by Gasteiger charge is 2.13. The van der Waals surface area contributed by atoms with E-state index in [1.807, 2.05) is 0 Å². The summed E-state index contributed by atoms with van der Waals surface area (Å²) in [6, 6.07) is 5.73. The highest BCUT2D eigenvalue weighted by Crippen LogP contribution is 2.18. The lowest BCUT2D eigenvalue weighted by Crippen LogP contribution is -1.98. The summed E-state index contributed by atoms with van der Waals surface area (Å²) >= 11 is 12.2. The van der Waals surface area contributed by atoms with Gasteiger partial charge in [-0.05, 0) is 30.5 Å². The second kappa shape index (κ2) is 5.21. The van der Waals surface area contributed by atoms with Crippen LogP contribution in [0.4, 0.5) is 0 Å². The van der Waals surface area contributed by atoms with Crippen LogP contribution in [0.1, 0.15) is 0 Å². The number of sulfonamides is 1. The normalized spacial score (nSPS) is 12.9. The summed E-state index contributed by atoms with van der Waals surface area (Å²) in [7, 11) is -3.71. The molecule has 0 saturated heterocycles. The van der Waals surface area contributed by atoms with Crippen LogP contribution in [0, 0.1) is 0 Å². The van der Waals surface area contributed by atoms with Crippen molar-refractivity contribution < 1.29 is 8.42 Å². The van der Waals surface area contributed by atoms with Gasteiger partial charge in [0.25, 0.3) is 10.0 Å². The molecule has 0 fully saturated rings. The minimum atomic E-state index is -3.71. The molecule has 7 heteroatoms. The lowest BCUT2D eigenvalue weighted by molar-refractivity contribution is 0.598. The van der Waals surface area contributed by atoms with E-state index in [-0.39, 0.29) is 9.40 Å². The lowest BCUT2D eigenvalue weighted by atomic mass is 10.4. The highest BCUT2D eigenvalue weighted by molar-refractivity contribution is 8.16. The molecule has 1 aromatic carbocycles. The van der Waals surface area contributed by atoms with Gasteiger partial charge in [-0.1, -0.05) is 35.0 Å². The molecule has 0 unspecified atom stereocenters. The first-order valence-electron chi connectivity index (χ1n) is 3.76. The summed E-state index contributed by atoms with van der Waals surface area (Å²) in [5, 5.41) is 0.467. The summed E-state index contributed by atoms with van der Waals surface area (Å²) in [4.78, 5) is 0.0686. The predicted octanol–water partition coefficient (Wildman–Crippen LogP) is 2.99. The maximum absolute atomic E-state index is 11.6. The molecular weight excluding hydrogens is 277 g/mol. The van der Waals surface area contributed by atoms with Gasteiger partial charge < -0.3 is 0 Å². The van der Waals surface area contributed by atoms with Gasteiger partial charge in [0.1, 0.15) is 0 Å². The molecule has 0 N–H and O–H groups in total. The number of hydrogen-bond donors (Lipinski definition) is 0. The molecule has 0 aliphatic rings. The van der Waals surface area contributed by atoms with Crippen molar-refractivity contribution in [1.29, 1.82) is 0 Å². The van der Waals surface area contributed by atoms with E-state index in [1.165, 1.54) is 24.3 Å². The molecule has 0 aliphatic heterocycles. The van der Waals surface area contributed by atoms with Gasteiger partial charge in [-0.2, -0.15) is 8.42 Å². The van der Waals surface area contributed by atoms with E-state index < -0.39 is 10.0 Å². The second-order valence-electron chi connectivity index (χ2n) is 2.48. The van der Waals surface area contributed by atoms with E-state index >= 15 is 0 Å². The van der Waals surface area contributed by atoms with Crippen LogP contribution in [-0.2, 0) is 10.0 Å². The van der Waals surface area contributed by atoms with Crippen LogP contribution in [0.5, 0.6) is 0 Å². The van der Waals surface area contributed by atoms with E-state index in [0.29, 0.717) is 5.02 Å². The van der Waals surface area contributed by atoms with Gasteiger partial charge in [-0.3, -0.25) is 0 Å². The fraction of sp³-hybridized carbons (Fsp3) is 0.125.